The van der Waals surface area contributed by atoms with Crippen LogP contribution in [0.15, 0.2) is 18.3 Å². The van der Waals surface area contributed by atoms with Crippen LogP contribution < -0.4 is 5.32 Å². The molecule has 0 unspecified atom stereocenters. The van der Waals surface area contributed by atoms with Crippen molar-refractivity contribution >= 4 is 5.82 Å². The number of nitrogens with one attached hydrogen (secondary N) is 1. The first kappa shape index (κ1) is 15.3. The fourth-order valence-electron chi connectivity index (χ4n) is 2.53. The Morgan fingerprint density at radius 2 is 2.25 bits per heavy atom. The van der Waals surface area contributed by atoms with Gasteiger partial charge in [-0.15, -0.1) is 0 Å². The first-order valence-corrected chi connectivity index (χ1v) is 7.87. The summed E-state index contributed by atoms with van der Waals surface area (Å²) < 4.78 is 0. The third kappa shape index (κ3) is 4.46. The van der Waals surface area contributed by atoms with E-state index in [1.54, 1.807) is 0 Å². The van der Waals surface area contributed by atoms with Crippen LogP contribution in [0.5, 0.6) is 0 Å². The average molecular weight is 277 g/mol. The van der Waals surface area contributed by atoms with Crippen molar-refractivity contribution in [2.45, 2.75) is 51.6 Å². The summed E-state index contributed by atoms with van der Waals surface area (Å²) in [7, 11) is 0. The quantitative estimate of drug-likeness (QED) is 0.728. The molecule has 2 rings (SSSR count). The van der Waals surface area contributed by atoms with Gasteiger partial charge in [-0.3, -0.25) is 4.90 Å². The Labute approximate surface area is 122 Å². The molecule has 0 spiro atoms. The maximum absolute atomic E-state index is 9.03. The summed E-state index contributed by atoms with van der Waals surface area (Å²) in [6.45, 7) is 5.33. The van der Waals surface area contributed by atoms with Crippen molar-refractivity contribution in [1.29, 1.82) is 0 Å². The highest BCUT2D eigenvalue weighted by Crippen LogP contribution is 2.26. The highest BCUT2D eigenvalue weighted by Gasteiger charge is 2.24. The smallest absolute Gasteiger partial charge is 0.125 e. The fraction of sp³-hybridized carbons (Fsp3) is 0.688. The Morgan fingerprint density at radius 3 is 2.80 bits per heavy atom. The fourth-order valence-corrected chi connectivity index (χ4v) is 2.53. The summed E-state index contributed by atoms with van der Waals surface area (Å²) in [6.07, 6.45) is 7.89. The lowest BCUT2D eigenvalue weighted by Crippen LogP contribution is -2.40. The van der Waals surface area contributed by atoms with E-state index in [-0.39, 0.29) is 6.61 Å². The minimum atomic E-state index is 0.279. The Balaban J connectivity index is 1.88. The lowest BCUT2D eigenvalue weighted by Gasteiger charge is -2.37. The number of anilines is 1. The van der Waals surface area contributed by atoms with Gasteiger partial charge in [0.05, 0.1) is 0 Å². The molecule has 4 heteroatoms. The number of aliphatic hydroxyl groups is 1. The Hall–Kier alpha value is -1.13. The first-order valence-electron chi connectivity index (χ1n) is 7.87. The number of aromatic nitrogens is 1. The maximum Gasteiger partial charge on any atom is 0.125 e. The second-order valence-electron chi connectivity index (χ2n) is 5.61. The molecule has 1 fully saturated rings. The van der Waals surface area contributed by atoms with Crippen LogP contribution in [0, 0.1) is 0 Å². The van der Waals surface area contributed by atoms with Crippen LogP contribution in [-0.2, 0) is 6.54 Å². The largest absolute Gasteiger partial charge is 0.396 e. The molecule has 1 aromatic rings. The van der Waals surface area contributed by atoms with E-state index in [1.165, 1.54) is 24.8 Å². The number of aliphatic hydroxyl groups excluding tert-OH is 1. The van der Waals surface area contributed by atoms with Gasteiger partial charge < -0.3 is 10.4 Å². The summed E-state index contributed by atoms with van der Waals surface area (Å²) in [4.78, 5) is 6.96. The number of pyridine rings is 1. The maximum atomic E-state index is 9.03. The van der Waals surface area contributed by atoms with Crippen molar-refractivity contribution in [2.24, 2.45) is 0 Å². The zero-order valence-electron chi connectivity index (χ0n) is 12.5. The van der Waals surface area contributed by atoms with Crippen LogP contribution in [0.2, 0.25) is 0 Å². The molecular weight excluding hydrogens is 250 g/mol. The molecule has 1 saturated carbocycles. The predicted molar refractivity (Wildman–Crippen MR) is 82.8 cm³/mol. The van der Waals surface area contributed by atoms with Gasteiger partial charge in [0.1, 0.15) is 5.82 Å². The van der Waals surface area contributed by atoms with Crippen LogP contribution in [0.4, 0.5) is 5.82 Å². The van der Waals surface area contributed by atoms with E-state index in [2.05, 4.69) is 34.3 Å². The van der Waals surface area contributed by atoms with E-state index >= 15 is 0 Å². The van der Waals surface area contributed by atoms with Gasteiger partial charge in [-0.25, -0.2) is 4.98 Å². The summed E-state index contributed by atoms with van der Waals surface area (Å²) >= 11 is 0. The number of hydrogen-bond donors (Lipinski definition) is 2. The lowest BCUT2D eigenvalue weighted by molar-refractivity contribution is 0.109. The van der Waals surface area contributed by atoms with Gasteiger partial charge >= 0.3 is 0 Å². The van der Waals surface area contributed by atoms with E-state index in [0.717, 1.165) is 38.3 Å². The molecular formula is C16H27N3O. The number of nitrogens with zero attached hydrogens (tertiary/aromatic N) is 2. The normalized spacial score (nSPS) is 15.3. The predicted octanol–water partition coefficient (Wildman–Crippen LogP) is 2.64. The van der Waals surface area contributed by atoms with Crippen molar-refractivity contribution in [3.63, 3.8) is 0 Å². The second kappa shape index (κ2) is 8.22. The molecule has 0 saturated heterocycles. The number of rotatable bonds is 9. The van der Waals surface area contributed by atoms with Crippen molar-refractivity contribution in [1.82, 2.24) is 9.88 Å². The van der Waals surface area contributed by atoms with Crippen molar-refractivity contribution in [3.05, 3.63) is 23.9 Å². The first-order chi connectivity index (χ1) is 9.83. The van der Waals surface area contributed by atoms with Crippen LogP contribution in [0.3, 0.4) is 0 Å². The van der Waals surface area contributed by atoms with Crippen LogP contribution in [-0.4, -0.2) is 40.7 Å². The van der Waals surface area contributed by atoms with E-state index in [0.29, 0.717) is 6.04 Å². The van der Waals surface area contributed by atoms with Gasteiger partial charge in [0.15, 0.2) is 0 Å². The molecule has 1 aliphatic rings. The Bertz CT molecular complexity index is 376. The molecule has 0 bridgehead atoms. The summed E-state index contributed by atoms with van der Waals surface area (Å²) in [6, 6.07) is 4.94. The molecule has 20 heavy (non-hydrogen) atoms. The van der Waals surface area contributed by atoms with Gasteiger partial charge in [-0.2, -0.15) is 0 Å². The lowest BCUT2D eigenvalue weighted by atomic mass is 9.91. The van der Waals surface area contributed by atoms with Crippen molar-refractivity contribution < 1.29 is 5.11 Å². The SMILES string of the molecule is CCCNc1ccc(CN(CCCO)C2CCC2)cn1. The minimum absolute atomic E-state index is 0.279. The highest BCUT2D eigenvalue weighted by atomic mass is 16.3. The van der Waals surface area contributed by atoms with Crippen LogP contribution in [0.1, 0.15) is 44.6 Å². The molecule has 1 aliphatic carbocycles. The van der Waals surface area contributed by atoms with E-state index in [4.69, 9.17) is 5.11 Å². The minimum Gasteiger partial charge on any atom is -0.396 e. The molecule has 0 aliphatic heterocycles. The highest BCUT2D eigenvalue weighted by molar-refractivity contribution is 5.35. The Kier molecular flexibility index (Phi) is 6.27. The van der Waals surface area contributed by atoms with E-state index < -0.39 is 0 Å². The summed E-state index contributed by atoms with van der Waals surface area (Å²) in [5, 5.41) is 12.3. The third-order valence-electron chi connectivity index (χ3n) is 3.96. The molecule has 0 radical (unpaired) electrons. The monoisotopic (exact) mass is 277 g/mol. The summed E-state index contributed by atoms with van der Waals surface area (Å²) in [5.41, 5.74) is 1.26. The van der Waals surface area contributed by atoms with Crippen LogP contribution in [0.25, 0.3) is 0 Å². The van der Waals surface area contributed by atoms with Crippen molar-refractivity contribution in [3.8, 4) is 0 Å². The van der Waals surface area contributed by atoms with Gasteiger partial charge in [0.25, 0.3) is 0 Å². The van der Waals surface area contributed by atoms with Crippen LogP contribution >= 0.6 is 0 Å². The molecule has 112 valence electrons. The topological polar surface area (TPSA) is 48.4 Å². The molecule has 1 heterocycles. The molecule has 0 amide bonds. The molecule has 2 N–H and O–H groups in total. The van der Waals surface area contributed by atoms with E-state index in [1.807, 2.05) is 6.20 Å². The van der Waals surface area contributed by atoms with Gasteiger partial charge in [0.2, 0.25) is 0 Å². The van der Waals surface area contributed by atoms with Gasteiger partial charge in [0, 0.05) is 38.5 Å². The molecule has 4 nitrogen and oxygen atoms in total. The van der Waals surface area contributed by atoms with E-state index in [9.17, 15) is 0 Å². The van der Waals surface area contributed by atoms with Crippen molar-refractivity contribution in [2.75, 3.05) is 25.0 Å². The van der Waals surface area contributed by atoms with Gasteiger partial charge in [-0.05, 0) is 37.3 Å². The average Bonchev–Trinajstić information content (AvgIpc) is 2.42. The molecule has 1 aromatic heterocycles. The zero-order chi connectivity index (χ0) is 14.2. The Morgan fingerprint density at radius 1 is 1.40 bits per heavy atom. The second-order valence-corrected chi connectivity index (χ2v) is 5.61. The standard InChI is InChI=1S/C16H27N3O/c1-2-9-17-16-8-7-14(12-18-16)13-19(10-4-11-20)15-5-3-6-15/h7-8,12,15,20H,2-6,9-11,13H2,1H3,(H,17,18). The number of hydrogen-bond acceptors (Lipinski definition) is 4. The third-order valence-corrected chi connectivity index (χ3v) is 3.96. The summed E-state index contributed by atoms with van der Waals surface area (Å²) in [5.74, 6) is 0.959. The van der Waals surface area contributed by atoms with Gasteiger partial charge in [-0.1, -0.05) is 19.4 Å². The molecule has 0 aromatic carbocycles. The molecule has 0 atom stereocenters. The zero-order valence-corrected chi connectivity index (χ0v) is 12.5.